The van der Waals surface area contributed by atoms with E-state index in [2.05, 4.69) is 4.74 Å². The Morgan fingerprint density at radius 1 is 1.35 bits per heavy atom. The Bertz CT molecular complexity index is 588. The highest BCUT2D eigenvalue weighted by atomic mass is 35.5. The zero-order valence-electron chi connectivity index (χ0n) is 11.4. The molecule has 0 unspecified atom stereocenters. The van der Waals surface area contributed by atoms with Crippen molar-refractivity contribution >= 4 is 27.6 Å². The fourth-order valence-electron chi connectivity index (χ4n) is 1.46. The Kier molecular flexibility index (Phi) is 5.79. The molecule has 0 atom stereocenters. The summed E-state index contributed by atoms with van der Waals surface area (Å²) in [6.07, 6.45) is -0.0177. The van der Waals surface area contributed by atoms with Crippen molar-refractivity contribution in [3.8, 4) is 5.75 Å². The fourth-order valence-corrected chi connectivity index (χ4v) is 2.98. The number of nitrogens with zero attached hydrogens (tertiary/aromatic N) is 1. The molecule has 0 bridgehead atoms. The lowest BCUT2D eigenvalue weighted by Crippen LogP contribution is -2.29. The van der Waals surface area contributed by atoms with Crippen LogP contribution in [0, 0.1) is 0 Å². The molecule has 8 heteroatoms. The molecule has 0 aliphatic rings. The van der Waals surface area contributed by atoms with E-state index in [9.17, 15) is 13.2 Å². The van der Waals surface area contributed by atoms with Gasteiger partial charge in [-0.15, -0.1) is 0 Å². The van der Waals surface area contributed by atoms with Gasteiger partial charge in [0.1, 0.15) is 5.75 Å². The molecular weight excluding hydrogens is 306 g/mol. The third-order valence-electron chi connectivity index (χ3n) is 2.69. The van der Waals surface area contributed by atoms with Crippen LogP contribution < -0.4 is 4.74 Å². The van der Waals surface area contributed by atoms with Crippen LogP contribution in [0.2, 0.25) is 5.02 Å². The Morgan fingerprint density at radius 3 is 2.50 bits per heavy atom. The summed E-state index contributed by atoms with van der Waals surface area (Å²) in [5.41, 5.74) is 0. The van der Waals surface area contributed by atoms with E-state index in [1.807, 2.05) is 0 Å². The van der Waals surface area contributed by atoms with Crippen molar-refractivity contribution in [3.05, 3.63) is 23.2 Å². The summed E-state index contributed by atoms with van der Waals surface area (Å²) >= 11 is 5.91. The van der Waals surface area contributed by atoms with Crippen molar-refractivity contribution < 1.29 is 22.7 Å². The van der Waals surface area contributed by atoms with E-state index >= 15 is 0 Å². The highest BCUT2D eigenvalue weighted by Crippen LogP contribution is 2.28. The van der Waals surface area contributed by atoms with Crippen LogP contribution >= 0.6 is 11.6 Å². The van der Waals surface area contributed by atoms with E-state index in [0.29, 0.717) is 5.75 Å². The number of rotatable bonds is 6. The van der Waals surface area contributed by atoms with Crippen LogP contribution in [0.15, 0.2) is 23.1 Å². The first-order valence-corrected chi connectivity index (χ1v) is 7.51. The van der Waals surface area contributed by atoms with Gasteiger partial charge in [-0.2, -0.15) is 0 Å². The summed E-state index contributed by atoms with van der Waals surface area (Å²) in [4.78, 5) is 11.1. The first kappa shape index (κ1) is 16.7. The van der Waals surface area contributed by atoms with E-state index in [1.54, 1.807) is 0 Å². The molecule has 0 fully saturated rings. The zero-order chi connectivity index (χ0) is 15.3. The quantitative estimate of drug-likeness (QED) is 0.743. The maximum atomic E-state index is 12.3. The normalized spacial score (nSPS) is 11.4. The maximum Gasteiger partial charge on any atom is 0.306 e. The number of carbonyl (C=O) groups excluding carboxylic acids is 1. The van der Waals surface area contributed by atoms with Gasteiger partial charge in [0.25, 0.3) is 0 Å². The van der Waals surface area contributed by atoms with Crippen molar-refractivity contribution in [2.45, 2.75) is 11.3 Å². The highest BCUT2D eigenvalue weighted by molar-refractivity contribution is 7.89. The van der Waals surface area contributed by atoms with Crippen molar-refractivity contribution in [2.24, 2.45) is 0 Å². The van der Waals surface area contributed by atoms with Crippen LogP contribution in [-0.4, -0.2) is 46.5 Å². The molecule has 0 saturated heterocycles. The number of hydrogen-bond donors (Lipinski definition) is 0. The van der Waals surface area contributed by atoms with E-state index in [4.69, 9.17) is 16.3 Å². The van der Waals surface area contributed by atoms with Crippen LogP contribution in [0.4, 0.5) is 0 Å². The first-order chi connectivity index (χ1) is 9.32. The summed E-state index contributed by atoms with van der Waals surface area (Å²) in [5, 5.41) is 0.204. The van der Waals surface area contributed by atoms with Gasteiger partial charge in [-0.05, 0) is 18.2 Å². The molecule has 1 rings (SSSR count). The Labute approximate surface area is 123 Å². The predicted octanol–water partition coefficient (Wildman–Crippen LogP) is 1.53. The van der Waals surface area contributed by atoms with Crippen LogP contribution in [-0.2, 0) is 19.6 Å². The summed E-state index contributed by atoms with van der Waals surface area (Å²) in [5.74, 6) is -0.0809. The molecule has 20 heavy (non-hydrogen) atoms. The average molecular weight is 322 g/mol. The van der Waals surface area contributed by atoms with Gasteiger partial charge in [0.05, 0.1) is 30.6 Å². The van der Waals surface area contributed by atoms with Crippen LogP contribution in [0.25, 0.3) is 0 Å². The second-order valence-corrected chi connectivity index (χ2v) is 6.40. The van der Waals surface area contributed by atoms with Gasteiger partial charge < -0.3 is 9.47 Å². The van der Waals surface area contributed by atoms with Gasteiger partial charge in [0.2, 0.25) is 10.0 Å². The molecule has 0 N–H and O–H groups in total. The monoisotopic (exact) mass is 321 g/mol. The molecule has 112 valence electrons. The predicted molar refractivity (Wildman–Crippen MR) is 74.5 cm³/mol. The highest BCUT2D eigenvalue weighted by Gasteiger charge is 2.22. The Morgan fingerprint density at radius 2 is 2.00 bits per heavy atom. The average Bonchev–Trinajstić information content (AvgIpc) is 2.43. The molecule has 0 aliphatic carbocycles. The minimum Gasteiger partial charge on any atom is -0.495 e. The molecular formula is C12H16ClNO5S. The second kappa shape index (κ2) is 6.92. The fraction of sp³-hybridized carbons (Fsp3) is 0.417. The number of benzene rings is 1. The minimum atomic E-state index is -3.70. The number of carbonyl (C=O) groups is 1. The smallest absolute Gasteiger partial charge is 0.306 e. The standard InChI is InChI=1S/C12H16ClNO5S/c1-14(7-6-12(15)19-3)20(16,17)9-4-5-11(18-2)10(13)8-9/h4-5,8H,6-7H2,1-3H3. The maximum absolute atomic E-state index is 12.3. The van der Waals surface area contributed by atoms with Gasteiger partial charge in [-0.25, -0.2) is 12.7 Å². The van der Waals surface area contributed by atoms with Gasteiger partial charge in [0, 0.05) is 13.6 Å². The third kappa shape index (κ3) is 3.84. The summed E-state index contributed by atoms with van der Waals surface area (Å²) in [6.45, 7) is 0.0264. The molecule has 1 aromatic rings. The van der Waals surface area contributed by atoms with Crippen molar-refractivity contribution in [1.29, 1.82) is 0 Å². The zero-order valence-corrected chi connectivity index (χ0v) is 13.0. The van der Waals surface area contributed by atoms with Crippen LogP contribution in [0.3, 0.4) is 0 Å². The Hall–Kier alpha value is -1.31. The molecule has 0 aromatic heterocycles. The largest absolute Gasteiger partial charge is 0.495 e. The number of halogens is 1. The van der Waals surface area contributed by atoms with Gasteiger partial charge in [-0.3, -0.25) is 4.79 Å². The SMILES string of the molecule is COC(=O)CCN(C)S(=O)(=O)c1ccc(OC)c(Cl)c1. The van der Waals surface area contributed by atoms with E-state index in [-0.39, 0.29) is 22.9 Å². The third-order valence-corrected chi connectivity index (χ3v) is 4.84. The molecule has 0 spiro atoms. The number of esters is 1. The lowest BCUT2D eigenvalue weighted by atomic mass is 10.3. The molecule has 6 nitrogen and oxygen atoms in total. The van der Waals surface area contributed by atoms with Gasteiger partial charge in [-0.1, -0.05) is 11.6 Å². The van der Waals surface area contributed by atoms with Crippen molar-refractivity contribution in [1.82, 2.24) is 4.31 Å². The second-order valence-electron chi connectivity index (χ2n) is 3.95. The number of ether oxygens (including phenoxy) is 2. The van der Waals surface area contributed by atoms with Crippen LogP contribution in [0.1, 0.15) is 6.42 Å². The van der Waals surface area contributed by atoms with Gasteiger partial charge in [0.15, 0.2) is 0 Å². The van der Waals surface area contributed by atoms with Crippen molar-refractivity contribution in [2.75, 3.05) is 27.8 Å². The number of methoxy groups -OCH3 is 2. The first-order valence-electron chi connectivity index (χ1n) is 5.69. The molecule has 0 radical (unpaired) electrons. The molecule has 0 aliphatic heterocycles. The molecule has 0 saturated carbocycles. The number of sulfonamides is 1. The van der Waals surface area contributed by atoms with E-state index in [0.717, 1.165) is 4.31 Å². The lowest BCUT2D eigenvalue weighted by molar-refractivity contribution is -0.140. The summed E-state index contributed by atoms with van der Waals surface area (Å²) in [7, 11) is 0.373. The minimum absolute atomic E-state index is 0.0177. The van der Waals surface area contributed by atoms with E-state index < -0.39 is 16.0 Å². The van der Waals surface area contributed by atoms with Gasteiger partial charge >= 0.3 is 5.97 Å². The van der Waals surface area contributed by atoms with E-state index in [1.165, 1.54) is 39.5 Å². The molecule has 0 heterocycles. The van der Waals surface area contributed by atoms with Crippen LogP contribution in [0.5, 0.6) is 5.75 Å². The lowest BCUT2D eigenvalue weighted by Gasteiger charge is -2.17. The summed E-state index contributed by atoms with van der Waals surface area (Å²) < 4.78 is 35.0. The van der Waals surface area contributed by atoms with Crippen molar-refractivity contribution in [3.63, 3.8) is 0 Å². The summed E-state index contributed by atoms with van der Waals surface area (Å²) in [6, 6.07) is 4.18. The molecule has 1 aromatic carbocycles. The molecule has 0 amide bonds. The Balaban J connectivity index is 2.92. The topological polar surface area (TPSA) is 72.9 Å². The number of hydrogen-bond acceptors (Lipinski definition) is 5.